The van der Waals surface area contributed by atoms with E-state index in [1.165, 1.54) is 0 Å². The van der Waals surface area contributed by atoms with Crippen LogP contribution in [0.2, 0.25) is 0 Å². The number of hydrogen-bond acceptors (Lipinski definition) is 3. The first-order chi connectivity index (χ1) is 6.93. The number of nitrogens with two attached hydrogens (primary N) is 1. The summed E-state index contributed by atoms with van der Waals surface area (Å²) in [6.07, 6.45) is 1.06. The Morgan fingerprint density at radius 3 is 2.47 bits per heavy atom. The molecule has 1 rings (SSSR count). The van der Waals surface area contributed by atoms with Crippen molar-refractivity contribution in [1.82, 2.24) is 9.80 Å². The topological polar surface area (TPSA) is 49.6 Å². The van der Waals surface area contributed by atoms with Gasteiger partial charge in [-0.15, -0.1) is 0 Å². The fraction of sp³-hybridized carbons (Fsp3) is 0.909. The molecule has 0 aromatic heterocycles. The highest BCUT2D eigenvalue weighted by atomic mass is 16.2. The summed E-state index contributed by atoms with van der Waals surface area (Å²) in [5, 5.41) is 0. The van der Waals surface area contributed by atoms with Crippen LogP contribution in [0.15, 0.2) is 0 Å². The molecule has 0 aromatic rings. The first kappa shape index (κ1) is 12.5. The van der Waals surface area contributed by atoms with Gasteiger partial charge in [-0.3, -0.25) is 4.79 Å². The molecule has 1 aliphatic rings. The van der Waals surface area contributed by atoms with Crippen LogP contribution in [0, 0.1) is 5.92 Å². The number of amides is 1. The van der Waals surface area contributed by atoms with Gasteiger partial charge >= 0.3 is 0 Å². The first-order valence-electron chi connectivity index (χ1n) is 5.64. The highest BCUT2D eigenvalue weighted by Gasteiger charge is 2.30. The molecule has 88 valence electrons. The third kappa shape index (κ3) is 2.92. The molecule has 2 N–H and O–H groups in total. The summed E-state index contributed by atoms with van der Waals surface area (Å²) in [4.78, 5) is 16.0. The zero-order chi connectivity index (χ0) is 11.6. The van der Waals surface area contributed by atoms with Crippen molar-refractivity contribution in [2.75, 3.05) is 27.2 Å². The van der Waals surface area contributed by atoms with Crippen molar-refractivity contribution < 1.29 is 4.79 Å². The number of hydrogen-bond donors (Lipinski definition) is 1. The molecule has 4 heteroatoms. The van der Waals surface area contributed by atoms with Gasteiger partial charge in [-0.05, 0) is 26.4 Å². The summed E-state index contributed by atoms with van der Waals surface area (Å²) in [6.45, 7) is 5.65. The third-order valence-electron chi connectivity index (χ3n) is 3.21. The van der Waals surface area contributed by atoms with Crippen LogP contribution >= 0.6 is 0 Å². The van der Waals surface area contributed by atoms with Gasteiger partial charge in [0.25, 0.3) is 0 Å². The summed E-state index contributed by atoms with van der Waals surface area (Å²) in [5.41, 5.74) is 5.86. The van der Waals surface area contributed by atoms with E-state index >= 15 is 0 Å². The van der Waals surface area contributed by atoms with Gasteiger partial charge in [-0.1, -0.05) is 13.8 Å². The Morgan fingerprint density at radius 1 is 1.47 bits per heavy atom. The lowest BCUT2D eigenvalue weighted by atomic mass is 10.0. The van der Waals surface area contributed by atoms with Crippen LogP contribution in [0.25, 0.3) is 0 Å². The lowest BCUT2D eigenvalue weighted by Gasteiger charge is -2.24. The molecule has 0 aliphatic carbocycles. The van der Waals surface area contributed by atoms with Crippen LogP contribution in [0.3, 0.4) is 0 Å². The number of nitrogens with zero attached hydrogens (tertiary/aromatic N) is 2. The van der Waals surface area contributed by atoms with Crippen LogP contribution in [-0.4, -0.2) is 55.0 Å². The monoisotopic (exact) mass is 213 g/mol. The summed E-state index contributed by atoms with van der Waals surface area (Å²) in [6, 6.07) is 0.152. The van der Waals surface area contributed by atoms with E-state index in [0.29, 0.717) is 6.04 Å². The van der Waals surface area contributed by atoms with Gasteiger partial charge in [-0.2, -0.15) is 0 Å². The molecule has 2 atom stereocenters. The molecule has 1 saturated heterocycles. The summed E-state index contributed by atoms with van der Waals surface area (Å²) < 4.78 is 0. The van der Waals surface area contributed by atoms with Gasteiger partial charge in [0, 0.05) is 19.1 Å². The van der Waals surface area contributed by atoms with Gasteiger partial charge in [0.15, 0.2) is 0 Å². The molecule has 0 radical (unpaired) electrons. The van der Waals surface area contributed by atoms with Crippen molar-refractivity contribution in [3.8, 4) is 0 Å². The van der Waals surface area contributed by atoms with Gasteiger partial charge in [-0.25, -0.2) is 0 Å². The molecule has 1 heterocycles. The Kier molecular flexibility index (Phi) is 4.11. The van der Waals surface area contributed by atoms with Gasteiger partial charge in [0.05, 0.1) is 6.04 Å². The second-order valence-electron chi connectivity index (χ2n) is 4.96. The maximum Gasteiger partial charge on any atom is 0.239 e. The molecule has 15 heavy (non-hydrogen) atoms. The fourth-order valence-corrected chi connectivity index (χ4v) is 1.86. The second-order valence-corrected chi connectivity index (χ2v) is 4.96. The normalized spacial score (nSPS) is 23.9. The van der Waals surface area contributed by atoms with E-state index in [2.05, 4.69) is 19.0 Å². The highest BCUT2D eigenvalue weighted by molar-refractivity contribution is 5.82. The van der Waals surface area contributed by atoms with E-state index < -0.39 is 0 Å². The zero-order valence-electron chi connectivity index (χ0n) is 10.2. The number of likely N-dealkylation sites (tertiary alicyclic amines) is 1. The van der Waals surface area contributed by atoms with Crippen molar-refractivity contribution >= 4 is 5.91 Å². The van der Waals surface area contributed by atoms with E-state index in [1.54, 1.807) is 0 Å². The number of likely N-dealkylation sites (N-methyl/N-ethyl adjacent to an activating group) is 1. The van der Waals surface area contributed by atoms with E-state index in [4.69, 9.17) is 5.73 Å². The third-order valence-corrected chi connectivity index (χ3v) is 3.21. The molecular formula is C11H23N3O. The van der Waals surface area contributed by atoms with Crippen molar-refractivity contribution in [1.29, 1.82) is 0 Å². The second kappa shape index (κ2) is 4.94. The number of carbonyl (C=O) groups excluding carboxylic acids is 1. The first-order valence-corrected chi connectivity index (χ1v) is 5.64. The molecule has 0 aromatic carbocycles. The molecule has 0 bridgehead atoms. The van der Waals surface area contributed by atoms with E-state index in [0.717, 1.165) is 19.5 Å². The van der Waals surface area contributed by atoms with E-state index in [9.17, 15) is 4.79 Å². The van der Waals surface area contributed by atoms with Crippen LogP contribution in [-0.2, 0) is 4.79 Å². The Morgan fingerprint density at radius 2 is 2.07 bits per heavy atom. The van der Waals surface area contributed by atoms with E-state index in [1.807, 2.05) is 18.7 Å². The largest absolute Gasteiger partial charge is 0.340 e. The van der Waals surface area contributed by atoms with Crippen molar-refractivity contribution in [3.05, 3.63) is 0 Å². The van der Waals surface area contributed by atoms with Crippen molar-refractivity contribution in [2.45, 2.75) is 32.4 Å². The van der Waals surface area contributed by atoms with Crippen molar-refractivity contribution in [3.63, 3.8) is 0 Å². The average Bonchev–Trinajstić information content (AvgIpc) is 2.64. The predicted molar refractivity (Wildman–Crippen MR) is 61.5 cm³/mol. The molecule has 0 saturated carbocycles. The smallest absolute Gasteiger partial charge is 0.239 e. The van der Waals surface area contributed by atoms with Gasteiger partial charge < -0.3 is 15.5 Å². The Balaban J connectivity index is 2.50. The lowest BCUT2D eigenvalue weighted by molar-refractivity contribution is -0.132. The van der Waals surface area contributed by atoms with Gasteiger partial charge in [0.1, 0.15) is 0 Å². The SMILES string of the molecule is CC(C)[C@@H](N)C(=O)N1CCC(N(C)C)C1. The van der Waals surface area contributed by atoms with Crippen LogP contribution in [0.4, 0.5) is 0 Å². The summed E-state index contributed by atoms with van der Waals surface area (Å²) in [5.74, 6) is 0.324. The number of rotatable bonds is 3. The maximum atomic E-state index is 11.9. The Bertz CT molecular complexity index is 228. The van der Waals surface area contributed by atoms with E-state index in [-0.39, 0.29) is 17.9 Å². The predicted octanol–water partition coefficient (Wildman–Crippen LogP) is 0.132. The van der Waals surface area contributed by atoms with Crippen molar-refractivity contribution in [2.24, 2.45) is 11.7 Å². The quantitative estimate of drug-likeness (QED) is 0.725. The molecule has 1 fully saturated rings. The van der Waals surface area contributed by atoms with Crippen LogP contribution in [0.5, 0.6) is 0 Å². The lowest BCUT2D eigenvalue weighted by Crippen LogP contribution is -2.46. The molecule has 1 amide bonds. The highest BCUT2D eigenvalue weighted by Crippen LogP contribution is 2.15. The molecular weight excluding hydrogens is 190 g/mol. The Labute approximate surface area is 92.4 Å². The fourth-order valence-electron chi connectivity index (χ4n) is 1.86. The minimum Gasteiger partial charge on any atom is -0.340 e. The van der Waals surface area contributed by atoms with Crippen LogP contribution < -0.4 is 5.73 Å². The summed E-state index contributed by atoms with van der Waals surface area (Å²) in [7, 11) is 4.11. The Hall–Kier alpha value is -0.610. The zero-order valence-corrected chi connectivity index (χ0v) is 10.2. The molecule has 1 aliphatic heterocycles. The minimum atomic E-state index is -0.342. The minimum absolute atomic E-state index is 0.106. The average molecular weight is 213 g/mol. The molecule has 0 spiro atoms. The molecule has 4 nitrogen and oxygen atoms in total. The standard InChI is InChI=1S/C11H23N3O/c1-8(2)10(12)11(15)14-6-5-9(7-14)13(3)4/h8-10H,5-7,12H2,1-4H3/t9?,10-/m1/s1. The molecule has 1 unspecified atom stereocenters. The summed E-state index contributed by atoms with van der Waals surface area (Å²) >= 11 is 0. The number of carbonyl (C=O) groups is 1. The maximum absolute atomic E-state index is 11.9. The van der Waals surface area contributed by atoms with Crippen LogP contribution in [0.1, 0.15) is 20.3 Å². The van der Waals surface area contributed by atoms with Gasteiger partial charge in [0.2, 0.25) is 5.91 Å².